The normalized spacial score (nSPS) is 16.4. The molecule has 1 heterocycles. The predicted molar refractivity (Wildman–Crippen MR) is 146 cm³/mol. The molecule has 5 amide bonds. The van der Waals surface area contributed by atoms with Crippen LogP contribution in [0.5, 0.6) is 0 Å². The number of hydrogen-bond acceptors (Lipinski definition) is 6. The van der Waals surface area contributed by atoms with Crippen LogP contribution < -0.4 is 5.32 Å². The van der Waals surface area contributed by atoms with Crippen molar-refractivity contribution in [3.8, 4) is 0 Å². The number of carbonyl (C=O) groups is 5. The van der Waals surface area contributed by atoms with Crippen LogP contribution >= 0.6 is 0 Å². The largest absolute Gasteiger partial charge is 0.379 e. The molecular weight excluding hydrogens is 488 g/mol. The third-order valence-electron chi connectivity index (χ3n) is 7.45. The number of imide groups is 1. The Kier molecular flexibility index (Phi) is 14.2. The second-order valence-corrected chi connectivity index (χ2v) is 10.4. The summed E-state index contributed by atoms with van der Waals surface area (Å²) in [4.78, 5) is 66.4. The van der Waals surface area contributed by atoms with E-state index in [0.717, 1.165) is 12.8 Å². The first-order valence-electron chi connectivity index (χ1n) is 13.8. The summed E-state index contributed by atoms with van der Waals surface area (Å²) in [6.45, 7) is 10.1. The third kappa shape index (κ3) is 9.22. The second-order valence-electron chi connectivity index (χ2n) is 10.4. The maximum absolute atomic E-state index is 13.1. The van der Waals surface area contributed by atoms with Gasteiger partial charge in [-0.2, -0.15) is 0 Å². The first-order valence-corrected chi connectivity index (χ1v) is 13.8. The lowest BCUT2D eigenvalue weighted by Crippen LogP contribution is -2.54. The molecule has 0 saturated carbocycles. The Balaban J connectivity index is 2.63. The molecule has 10 heteroatoms. The molecule has 38 heavy (non-hydrogen) atoms. The van der Waals surface area contributed by atoms with Crippen molar-refractivity contribution in [1.29, 1.82) is 0 Å². The standard InChI is InChI=1S/C28H48N4O6/c1-9-20(5)27(21(10-2)38-8)31(7)25(36)18-29-28(37)26(19(3)4)30(6)22(33)14-12-11-13-17-32-23(34)15-16-24(32)35/h15-16,19-21,26-27H,9-14,17-18H2,1-8H3,(H,29,37). The predicted octanol–water partition coefficient (Wildman–Crippen LogP) is 2.37. The van der Waals surface area contributed by atoms with Crippen LogP contribution in [0.25, 0.3) is 0 Å². The van der Waals surface area contributed by atoms with E-state index in [1.165, 1.54) is 22.0 Å². The van der Waals surface area contributed by atoms with Crippen molar-refractivity contribution in [2.75, 3.05) is 34.3 Å². The molecule has 1 rings (SSSR count). The Morgan fingerprint density at radius 1 is 0.921 bits per heavy atom. The van der Waals surface area contributed by atoms with Crippen LogP contribution in [0.15, 0.2) is 12.2 Å². The van der Waals surface area contributed by atoms with E-state index in [9.17, 15) is 24.0 Å². The molecular formula is C28H48N4O6. The molecule has 1 N–H and O–H groups in total. The minimum Gasteiger partial charge on any atom is -0.379 e. The zero-order valence-corrected chi connectivity index (χ0v) is 24.5. The Labute approximate surface area is 228 Å². The van der Waals surface area contributed by atoms with Crippen molar-refractivity contribution in [3.05, 3.63) is 12.2 Å². The number of hydrogen-bond donors (Lipinski definition) is 1. The molecule has 4 atom stereocenters. The fourth-order valence-electron chi connectivity index (χ4n) is 4.98. The Morgan fingerprint density at radius 2 is 1.53 bits per heavy atom. The third-order valence-corrected chi connectivity index (χ3v) is 7.45. The van der Waals surface area contributed by atoms with Crippen LogP contribution in [0.2, 0.25) is 0 Å². The van der Waals surface area contributed by atoms with Crippen LogP contribution in [0.1, 0.15) is 73.1 Å². The lowest BCUT2D eigenvalue weighted by Gasteiger charge is -2.37. The molecule has 1 aliphatic rings. The first kappa shape index (κ1) is 33.3. The van der Waals surface area contributed by atoms with E-state index in [1.807, 2.05) is 20.8 Å². The summed E-state index contributed by atoms with van der Waals surface area (Å²) in [5.41, 5.74) is 0. The monoisotopic (exact) mass is 536 g/mol. The molecule has 0 saturated heterocycles. The molecule has 216 valence electrons. The van der Waals surface area contributed by atoms with Gasteiger partial charge in [0.15, 0.2) is 0 Å². The number of unbranched alkanes of at least 4 members (excludes halogenated alkanes) is 2. The first-order chi connectivity index (χ1) is 17.9. The van der Waals surface area contributed by atoms with E-state index in [2.05, 4.69) is 19.2 Å². The van der Waals surface area contributed by atoms with Gasteiger partial charge in [0.2, 0.25) is 17.7 Å². The van der Waals surface area contributed by atoms with Gasteiger partial charge in [-0.15, -0.1) is 0 Å². The highest BCUT2D eigenvalue weighted by Crippen LogP contribution is 2.21. The summed E-state index contributed by atoms with van der Waals surface area (Å²) < 4.78 is 5.63. The molecule has 1 aliphatic heterocycles. The van der Waals surface area contributed by atoms with E-state index < -0.39 is 6.04 Å². The number of ether oxygens (including phenoxy) is 1. The van der Waals surface area contributed by atoms with Crippen LogP contribution in [0, 0.1) is 11.8 Å². The highest BCUT2D eigenvalue weighted by Gasteiger charge is 2.33. The minimum atomic E-state index is -0.709. The van der Waals surface area contributed by atoms with Gasteiger partial charge in [0.1, 0.15) is 6.04 Å². The van der Waals surface area contributed by atoms with Crippen molar-refractivity contribution >= 4 is 29.5 Å². The van der Waals surface area contributed by atoms with E-state index in [0.29, 0.717) is 25.8 Å². The number of likely N-dealkylation sites (N-methyl/N-ethyl adjacent to an activating group) is 2. The summed E-state index contributed by atoms with van der Waals surface area (Å²) in [5, 5.41) is 2.74. The zero-order chi connectivity index (χ0) is 29.0. The maximum Gasteiger partial charge on any atom is 0.253 e. The number of carbonyl (C=O) groups excluding carboxylic acids is 5. The number of methoxy groups -OCH3 is 1. The minimum absolute atomic E-state index is 0.102. The van der Waals surface area contributed by atoms with Crippen LogP contribution in [0.3, 0.4) is 0 Å². The van der Waals surface area contributed by atoms with Gasteiger partial charge in [-0.05, 0) is 31.1 Å². The average Bonchev–Trinajstić information content (AvgIpc) is 3.20. The van der Waals surface area contributed by atoms with Crippen molar-refractivity contribution in [2.45, 2.75) is 91.3 Å². The highest BCUT2D eigenvalue weighted by atomic mass is 16.5. The fraction of sp³-hybridized carbons (Fsp3) is 0.750. The zero-order valence-electron chi connectivity index (χ0n) is 24.5. The smallest absolute Gasteiger partial charge is 0.253 e. The SMILES string of the molecule is CCC(C)C(C(CC)OC)N(C)C(=O)CNC(=O)C(C(C)C)N(C)C(=O)CCCCCN1C(=O)C=CC1=O. The van der Waals surface area contributed by atoms with E-state index in [1.54, 1.807) is 26.1 Å². The van der Waals surface area contributed by atoms with Gasteiger partial charge in [0, 0.05) is 46.3 Å². The number of amides is 5. The van der Waals surface area contributed by atoms with Crippen LogP contribution in [-0.4, -0.2) is 96.7 Å². The van der Waals surface area contributed by atoms with E-state index in [4.69, 9.17) is 4.74 Å². The summed E-state index contributed by atoms with van der Waals surface area (Å²) in [5.74, 6) is -1.27. The molecule has 0 bridgehead atoms. The molecule has 0 aromatic carbocycles. The van der Waals surface area contributed by atoms with Gasteiger partial charge in [0.25, 0.3) is 11.8 Å². The number of rotatable bonds is 17. The summed E-state index contributed by atoms with van der Waals surface area (Å²) in [6.07, 6.45) is 6.19. The average molecular weight is 537 g/mol. The Hall–Kier alpha value is -2.75. The molecule has 0 radical (unpaired) electrons. The van der Waals surface area contributed by atoms with Gasteiger partial charge in [0.05, 0.1) is 18.7 Å². The lowest BCUT2D eigenvalue weighted by atomic mass is 9.91. The molecule has 0 aliphatic carbocycles. The van der Waals surface area contributed by atoms with Crippen molar-refractivity contribution in [3.63, 3.8) is 0 Å². The van der Waals surface area contributed by atoms with Crippen molar-refractivity contribution in [1.82, 2.24) is 20.0 Å². The molecule has 4 unspecified atom stereocenters. The van der Waals surface area contributed by atoms with Crippen molar-refractivity contribution in [2.24, 2.45) is 11.8 Å². The van der Waals surface area contributed by atoms with E-state index in [-0.39, 0.29) is 66.5 Å². The quantitative estimate of drug-likeness (QED) is 0.225. The maximum atomic E-state index is 13.1. The Bertz CT molecular complexity index is 836. The van der Waals surface area contributed by atoms with Crippen molar-refractivity contribution < 1.29 is 28.7 Å². The lowest BCUT2D eigenvalue weighted by molar-refractivity contribution is -0.142. The van der Waals surface area contributed by atoms with Gasteiger partial charge in [-0.3, -0.25) is 28.9 Å². The molecule has 10 nitrogen and oxygen atoms in total. The highest BCUT2D eigenvalue weighted by molar-refractivity contribution is 6.12. The molecule has 0 aromatic heterocycles. The number of nitrogens with zero attached hydrogens (tertiary/aromatic N) is 3. The summed E-state index contributed by atoms with van der Waals surface area (Å²) >= 11 is 0. The molecule has 0 spiro atoms. The van der Waals surface area contributed by atoms with Gasteiger partial charge in [-0.1, -0.05) is 47.5 Å². The van der Waals surface area contributed by atoms with Gasteiger partial charge in [-0.25, -0.2) is 0 Å². The fourth-order valence-corrected chi connectivity index (χ4v) is 4.98. The second kappa shape index (κ2) is 16.3. The summed E-state index contributed by atoms with van der Waals surface area (Å²) in [6, 6.07) is -0.818. The van der Waals surface area contributed by atoms with E-state index >= 15 is 0 Å². The molecule has 0 fully saturated rings. The van der Waals surface area contributed by atoms with Gasteiger partial charge >= 0.3 is 0 Å². The topological polar surface area (TPSA) is 116 Å². The molecule has 0 aromatic rings. The van der Waals surface area contributed by atoms with Crippen LogP contribution in [0.4, 0.5) is 0 Å². The van der Waals surface area contributed by atoms with Gasteiger partial charge < -0.3 is 19.9 Å². The Morgan fingerprint density at radius 3 is 2.03 bits per heavy atom. The van der Waals surface area contributed by atoms with Crippen LogP contribution in [-0.2, 0) is 28.7 Å². The number of nitrogens with one attached hydrogen (secondary N) is 1. The summed E-state index contributed by atoms with van der Waals surface area (Å²) in [7, 11) is 5.00.